The quantitative estimate of drug-likeness (QED) is 0.836. The maximum Gasteiger partial charge on any atom is 0.129 e. The third kappa shape index (κ3) is 1.69. The Bertz CT molecular complexity index is 377. The molecule has 86 valence electrons. The van der Waals surface area contributed by atoms with Crippen molar-refractivity contribution in [1.82, 2.24) is 10.3 Å². The first-order valence-corrected chi connectivity index (χ1v) is 6.23. The SMILES string of the molecule is CNCc1ccnc(N2CC3CCC2C3)c1. The van der Waals surface area contributed by atoms with Crippen LogP contribution in [-0.4, -0.2) is 24.6 Å². The molecule has 16 heavy (non-hydrogen) atoms. The van der Waals surface area contributed by atoms with Gasteiger partial charge in [0, 0.05) is 25.3 Å². The molecule has 0 amide bonds. The van der Waals surface area contributed by atoms with Crippen molar-refractivity contribution >= 4 is 5.82 Å². The summed E-state index contributed by atoms with van der Waals surface area (Å²) in [5.41, 5.74) is 1.33. The lowest BCUT2D eigenvalue weighted by atomic mass is 10.1. The van der Waals surface area contributed by atoms with Gasteiger partial charge in [0.05, 0.1) is 0 Å². The van der Waals surface area contributed by atoms with E-state index in [0.29, 0.717) is 0 Å². The average Bonchev–Trinajstić information content (AvgIpc) is 2.91. The summed E-state index contributed by atoms with van der Waals surface area (Å²) in [6.07, 6.45) is 6.12. The highest BCUT2D eigenvalue weighted by molar-refractivity contribution is 5.44. The van der Waals surface area contributed by atoms with E-state index in [1.54, 1.807) is 0 Å². The summed E-state index contributed by atoms with van der Waals surface area (Å²) >= 11 is 0. The van der Waals surface area contributed by atoms with Gasteiger partial charge in [-0.25, -0.2) is 4.98 Å². The van der Waals surface area contributed by atoms with E-state index in [2.05, 4.69) is 27.3 Å². The van der Waals surface area contributed by atoms with E-state index >= 15 is 0 Å². The molecule has 1 aromatic heterocycles. The van der Waals surface area contributed by atoms with Gasteiger partial charge in [-0.15, -0.1) is 0 Å². The van der Waals surface area contributed by atoms with Crippen molar-refractivity contribution in [2.75, 3.05) is 18.5 Å². The molecular weight excluding hydrogens is 198 g/mol. The molecule has 0 spiro atoms. The van der Waals surface area contributed by atoms with Crippen LogP contribution in [0, 0.1) is 5.92 Å². The minimum Gasteiger partial charge on any atom is -0.353 e. The molecule has 0 aromatic carbocycles. The van der Waals surface area contributed by atoms with Crippen LogP contribution in [0.3, 0.4) is 0 Å². The summed E-state index contributed by atoms with van der Waals surface area (Å²) in [4.78, 5) is 7.03. The van der Waals surface area contributed by atoms with Crippen LogP contribution in [-0.2, 0) is 6.54 Å². The second-order valence-corrected chi connectivity index (χ2v) is 5.04. The zero-order chi connectivity index (χ0) is 11.0. The van der Waals surface area contributed by atoms with Gasteiger partial charge in [-0.2, -0.15) is 0 Å². The Labute approximate surface area is 96.9 Å². The highest BCUT2D eigenvalue weighted by Crippen LogP contribution is 2.39. The number of piperidine rings is 1. The monoisotopic (exact) mass is 217 g/mol. The highest BCUT2D eigenvalue weighted by Gasteiger charge is 2.38. The van der Waals surface area contributed by atoms with E-state index < -0.39 is 0 Å². The van der Waals surface area contributed by atoms with E-state index in [1.807, 2.05) is 13.2 Å². The standard InChI is InChI=1S/C13H19N3/c1-14-8-10-4-5-15-13(7-10)16-9-11-2-3-12(16)6-11/h4-5,7,11-12,14H,2-3,6,8-9H2,1H3. The van der Waals surface area contributed by atoms with E-state index in [1.165, 1.54) is 37.2 Å². The summed E-state index contributed by atoms with van der Waals surface area (Å²) in [5, 5.41) is 3.19. The Morgan fingerprint density at radius 2 is 2.44 bits per heavy atom. The number of anilines is 1. The molecule has 1 aromatic rings. The summed E-state index contributed by atoms with van der Waals surface area (Å²) in [7, 11) is 1.98. The lowest BCUT2D eigenvalue weighted by Crippen LogP contribution is -2.32. The zero-order valence-electron chi connectivity index (χ0n) is 9.82. The van der Waals surface area contributed by atoms with Gasteiger partial charge in [0.25, 0.3) is 0 Å². The van der Waals surface area contributed by atoms with Gasteiger partial charge in [-0.3, -0.25) is 0 Å². The van der Waals surface area contributed by atoms with Crippen molar-refractivity contribution in [1.29, 1.82) is 0 Å². The van der Waals surface area contributed by atoms with Crippen LogP contribution in [0.15, 0.2) is 18.3 Å². The summed E-state index contributed by atoms with van der Waals surface area (Å²) in [6.45, 7) is 2.15. The highest BCUT2D eigenvalue weighted by atomic mass is 15.2. The smallest absolute Gasteiger partial charge is 0.129 e. The Balaban J connectivity index is 1.81. The minimum atomic E-state index is 0.766. The Hall–Kier alpha value is -1.09. The van der Waals surface area contributed by atoms with Crippen LogP contribution in [0.4, 0.5) is 5.82 Å². The first-order chi connectivity index (χ1) is 7.86. The lowest BCUT2D eigenvalue weighted by Gasteiger charge is -2.28. The summed E-state index contributed by atoms with van der Waals surface area (Å²) < 4.78 is 0. The summed E-state index contributed by atoms with van der Waals surface area (Å²) in [5.74, 6) is 2.11. The van der Waals surface area contributed by atoms with Crippen LogP contribution in [0.5, 0.6) is 0 Å². The molecule has 1 aliphatic heterocycles. The third-order valence-electron chi connectivity index (χ3n) is 3.89. The first-order valence-electron chi connectivity index (χ1n) is 6.23. The Morgan fingerprint density at radius 1 is 1.50 bits per heavy atom. The molecular formula is C13H19N3. The number of nitrogens with zero attached hydrogens (tertiary/aromatic N) is 2. The number of nitrogens with one attached hydrogen (secondary N) is 1. The number of fused-ring (bicyclic) bond motifs is 2. The van der Waals surface area contributed by atoms with E-state index in [0.717, 1.165) is 18.5 Å². The van der Waals surface area contributed by atoms with Crippen molar-refractivity contribution < 1.29 is 0 Å². The molecule has 1 aliphatic carbocycles. The van der Waals surface area contributed by atoms with Crippen molar-refractivity contribution in [3.8, 4) is 0 Å². The summed E-state index contributed by atoms with van der Waals surface area (Å²) in [6, 6.07) is 5.09. The second kappa shape index (κ2) is 4.06. The molecule has 2 heterocycles. The molecule has 2 bridgehead atoms. The molecule has 3 nitrogen and oxygen atoms in total. The molecule has 0 radical (unpaired) electrons. The van der Waals surface area contributed by atoms with E-state index in [9.17, 15) is 0 Å². The molecule has 2 fully saturated rings. The van der Waals surface area contributed by atoms with Crippen molar-refractivity contribution in [3.05, 3.63) is 23.9 Å². The van der Waals surface area contributed by atoms with Crippen molar-refractivity contribution in [2.45, 2.75) is 31.8 Å². The normalized spacial score (nSPS) is 27.7. The van der Waals surface area contributed by atoms with Gasteiger partial charge in [-0.05, 0) is 49.9 Å². The first kappa shape index (κ1) is 10.1. The second-order valence-electron chi connectivity index (χ2n) is 5.04. The van der Waals surface area contributed by atoms with Crippen LogP contribution in [0.25, 0.3) is 0 Å². The third-order valence-corrected chi connectivity index (χ3v) is 3.89. The van der Waals surface area contributed by atoms with E-state index in [4.69, 9.17) is 0 Å². The average molecular weight is 217 g/mol. The van der Waals surface area contributed by atoms with Crippen LogP contribution < -0.4 is 10.2 Å². The van der Waals surface area contributed by atoms with Gasteiger partial charge in [-0.1, -0.05) is 0 Å². The molecule has 1 saturated heterocycles. The molecule has 2 atom stereocenters. The number of aromatic nitrogens is 1. The molecule has 1 N–H and O–H groups in total. The van der Waals surface area contributed by atoms with Crippen LogP contribution in [0.2, 0.25) is 0 Å². The zero-order valence-corrected chi connectivity index (χ0v) is 9.82. The molecule has 2 unspecified atom stereocenters. The fraction of sp³-hybridized carbons (Fsp3) is 0.615. The number of pyridine rings is 1. The molecule has 3 heteroatoms. The number of rotatable bonds is 3. The minimum absolute atomic E-state index is 0.766. The lowest BCUT2D eigenvalue weighted by molar-refractivity contribution is 0.550. The van der Waals surface area contributed by atoms with Gasteiger partial charge < -0.3 is 10.2 Å². The maximum atomic E-state index is 4.52. The maximum absolute atomic E-state index is 4.52. The fourth-order valence-corrected chi connectivity index (χ4v) is 3.14. The van der Waals surface area contributed by atoms with Gasteiger partial charge in [0.2, 0.25) is 0 Å². The molecule has 1 saturated carbocycles. The predicted octanol–water partition coefficient (Wildman–Crippen LogP) is 1.79. The van der Waals surface area contributed by atoms with Crippen molar-refractivity contribution in [3.63, 3.8) is 0 Å². The van der Waals surface area contributed by atoms with Crippen LogP contribution in [0.1, 0.15) is 24.8 Å². The van der Waals surface area contributed by atoms with E-state index in [-0.39, 0.29) is 0 Å². The van der Waals surface area contributed by atoms with Gasteiger partial charge >= 0.3 is 0 Å². The predicted molar refractivity (Wildman–Crippen MR) is 65.5 cm³/mol. The fourth-order valence-electron chi connectivity index (χ4n) is 3.14. The molecule has 2 aliphatic rings. The van der Waals surface area contributed by atoms with Crippen molar-refractivity contribution in [2.24, 2.45) is 5.92 Å². The van der Waals surface area contributed by atoms with Gasteiger partial charge in [0.1, 0.15) is 5.82 Å². The molecule has 3 rings (SSSR count). The topological polar surface area (TPSA) is 28.2 Å². The Morgan fingerprint density at radius 3 is 3.12 bits per heavy atom. The van der Waals surface area contributed by atoms with Crippen LogP contribution >= 0.6 is 0 Å². The largest absolute Gasteiger partial charge is 0.353 e. The van der Waals surface area contributed by atoms with Gasteiger partial charge in [0.15, 0.2) is 0 Å². The number of hydrogen-bond donors (Lipinski definition) is 1. The number of hydrogen-bond acceptors (Lipinski definition) is 3. The Kier molecular flexibility index (Phi) is 2.56.